The molecular weight excluding hydrogens is 192 g/mol. The zero-order chi connectivity index (χ0) is 11.0. The Bertz CT molecular complexity index is 366. The van der Waals surface area contributed by atoms with Gasteiger partial charge in [0.1, 0.15) is 0 Å². The Kier molecular flexibility index (Phi) is 2.75. The van der Waals surface area contributed by atoms with Crippen LogP contribution in [0.4, 0.5) is 0 Å². The molecule has 0 heterocycles. The molecule has 1 fully saturated rings. The first kappa shape index (κ1) is 10.4. The quantitative estimate of drug-likeness (QED) is 0.628. The van der Waals surface area contributed by atoms with E-state index in [4.69, 9.17) is 0 Å². The predicted octanol–water partition coefficient (Wildman–Crippen LogP) is 4.86. The molecule has 86 valence electrons. The van der Waals surface area contributed by atoms with Gasteiger partial charge >= 0.3 is 0 Å². The number of hydrogen-bond donors (Lipinski definition) is 0. The average molecular weight is 214 g/mol. The SMILES string of the molecule is CCCCCC1CC2CC1c1ccccc12. The van der Waals surface area contributed by atoms with E-state index < -0.39 is 0 Å². The average Bonchev–Trinajstić information content (AvgIpc) is 2.88. The number of fused-ring (bicyclic) bond motifs is 5. The molecule has 0 aliphatic heterocycles. The highest BCUT2D eigenvalue weighted by Crippen LogP contribution is 2.57. The molecule has 0 saturated heterocycles. The van der Waals surface area contributed by atoms with E-state index in [0.717, 1.165) is 17.8 Å². The highest BCUT2D eigenvalue weighted by molar-refractivity contribution is 5.41. The summed E-state index contributed by atoms with van der Waals surface area (Å²) in [7, 11) is 0. The van der Waals surface area contributed by atoms with Crippen LogP contribution >= 0.6 is 0 Å². The fourth-order valence-electron chi connectivity index (χ4n) is 3.96. The normalized spacial score (nSPS) is 30.7. The van der Waals surface area contributed by atoms with E-state index in [1.54, 1.807) is 11.1 Å². The Labute approximate surface area is 99.1 Å². The van der Waals surface area contributed by atoms with E-state index in [0.29, 0.717) is 0 Å². The number of unbranched alkanes of at least 4 members (excludes halogenated alkanes) is 2. The lowest BCUT2D eigenvalue weighted by atomic mass is 9.81. The maximum Gasteiger partial charge on any atom is -0.0125 e. The summed E-state index contributed by atoms with van der Waals surface area (Å²) in [6.45, 7) is 2.30. The Morgan fingerprint density at radius 2 is 1.88 bits per heavy atom. The van der Waals surface area contributed by atoms with E-state index in [9.17, 15) is 0 Å². The molecule has 3 unspecified atom stereocenters. The van der Waals surface area contributed by atoms with Gasteiger partial charge in [-0.25, -0.2) is 0 Å². The van der Waals surface area contributed by atoms with E-state index in [1.165, 1.54) is 38.5 Å². The van der Waals surface area contributed by atoms with Gasteiger partial charge in [0.2, 0.25) is 0 Å². The van der Waals surface area contributed by atoms with Crippen LogP contribution in [0.1, 0.15) is 68.4 Å². The molecule has 1 saturated carbocycles. The molecule has 0 aromatic heterocycles. The van der Waals surface area contributed by atoms with Crippen molar-refractivity contribution in [1.82, 2.24) is 0 Å². The molecule has 0 radical (unpaired) electrons. The lowest BCUT2D eigenvalue weighted by Crippen LogP contribution is -2.10. The molecule has 2 bridgehead atoms. The molecule has 1 aromatic carbocycles. The number of rotatable bonds is 4. The number of benzene rings is 1. The molecule has 3 rings (SSSR count). The summed E-state index contributed by atoms with van der Waals surface area (Å²) in [5.41, 5.74) is 3.37. The summed E-state index contributed by atoms with van der Waals surface area (Å²) in [6.07, 6.45) is 8.64. The van der Waals surface area contributed by atoms with Crippen LogP contribution in [0.25, 0.3) is 0 Å². The van der Waals surface area contributed by atoms with Crippen LogP contribution in [0.5, 0.6) is 0 Å². The van der Waals surface area contributed by atoms with Gasteiger partial charge in [0, 0.05) is 0 Å². The summed E-state index contributed by atoms with van der Waals surface area (Å²) < 4.78 is 0. The second kappa shape index (κ2) is 4.24. The van der Waals surface area contributed by atoms with Gasteiger partial charge in [-0.2, -0.15) is 0 Å². The predicted molar refractivity (Wildman–Crippen MR) is 68.8 cm³/mol. The first-order valence-corrected chi connectivity index (χ1v) is 6.99. The Morgan fingerprint density at radius 3 is 2.69 bits per heavy atom. The molecule has 2 aliphatic rings. The van der Waals surface area contributed by atoms with E-state index in [2.05, 4.69) is 31.2 Å². The molecule has 0 spiro atoms. The Balaban J connectivity index is 1.71. The first-order valence-electron chi connectivity index (χ1n) is 6.99. The lowest BCUT2D eigenvalue weighted by molar-refractivity contribution is 0.414. The van der Waals surface area contributed by atoms with Crippen molar-refractivity contribution in [2.45, 2.75) is 57.3 Å². The highest BCUT2D eigenvalue weighted by Gasteiger charge is 2.42. The van der Waals surface area contributed by atoms with Crippen molar-refractivity contribution < 1.29 is 0 Å². The van der Waals surface area contributed by atoms with Crippen molar-refractivity contribution in [2.75, 3.05) is 0 Å². The fourth-order valence-corrected chi connectivity index (χ4v) is 3.96. The zero-order valence-corrected chi connectivity index (χ0v) is 10.3. The van der Waals surface area contributed by atoms with Gasteiger partial charge in [0.15, 0.2) is 0 Å². The third-order valence-electron chi connectivity index (χ3n) is 4.71. The molecule has 16 heavy (non-hydrogen) atoms. The van der Waals surface area contributed by atoms with Gasteiger partial charge < -0.3 is 0 Å². The smallest absolute Gasteiger partial charge is 0.0125 e. The second-order valence-corrected chi connectivity index (χ2v) is 5.66. The topological polar surface area (TPSA) is 0 Å². The largest absolute Gasteiger partial charge is 0.0654 e. The van der Waals surface area contributed by atoms with Crippen molar-refractivity contribution in [3.05, 3.63) is 35.4 Å². The summed E-state index contributed by atoms with van der Waals surface area (Å²) in [5.74, 6) is 2.83. The molecule has 3 atom stereocenters. The van der Waals surface area contributed by atoms with Gasteiger partial charge in [-0.15, -0.1) is 0 Å². The van der Waals surface area contributed by atoms with E-state index >= 15 is 0 Å². The maximum atomic E-state index is 2.38. The summed E-state index contributed by atoms with van der Waals surface area (Å²) in [4.78, 5) is 0. The van der Waals surface area contributed by atoms with Crippen LogP contribution in [-0.4, -0.2) is 0 Å². The van der Waals surface area contributed by atoms with Gasteiger partial charge in [-0.05, 0) is 48.1 Å². The van der Waals surface area contributed by atoms with Crippen molar-refractivity contribution in [2.24, 2.45) is 5.92 Å². The van der Waals surface area contributed by atoms with Crippen molar-refractivity contribution in [3.8, 4) is 0 Å². The monoisotopic (exact) mass is 214 g/mol. The van der Waals surface area contributed by atoms with Gasteiger partial charge in [0.25, 0.3) is 0 Å². The van der Waals surface area contributed by atoms with Crippen LogP contribution in [-0.2, 0) is 0 Å². The minimum atomic E-state index is 0.910. The Hall–Kier alpha value is -0.780. The minimum absolute atomic E-state index is 0.910. The molecule has 1 aromatic rings. The van der Waals surface area contributed by atoms with Crippen molar-refractivity contribution in [3.63, 3.8) is 0 Å². The molecule has 0 heteroatoms. The molecule has 0 amide bonds. The third kappa shape index (κ3) is 1.59. The standard InChI is InChI=1S/C16H22/c1-2-3-4-7-12-10-13-11-16(12)15-9-6-5-8-14(13)15/h5-6,8-9,12-13,16H,2-4,7,10-11H2,1H3. The van der Waals surface area contributed by atoms with Crippen molar-refractivity contribution in [1.29, 1.82) is 0 Å². The summed E-state index contributed by atoms with van der Waals surface area (Å²) >= 11 is 0. The van der Waals surface area contributed by atoms with Crippen LogP contribution in [0.3, 0.4) is 0 Å². The zero-order valence-electron chi connectivity index (χ0n) is 10.3. The second-order valence-electron chi connectivity index (χ2n) is 5.66. The van der Waals surface area contributed by atoms with Crippen LogP contribution < -0.4 is 0 Å². The first-order chi connectivity index (χ1) is 7.90. The minimum Gasteiger partial charge on any atom is -0.0654 e. The van der Waals surface area contributed by atoms with Gasteiger partial charge in [-0.1, -0.05) is 50.5 Å². The summed E-state index contributed by atoms with van der Waals surface area (Å²) in [6, 6.07) is 9.18. The van der Waals surface area contributed by atoms with Crippen LogP contribution in [0, 0.1) is 5.92 Å². The Morgan fingerprint density at radius 1 is 1.06 bits per heavy atom. The third-order valence-corrected chi connectivity index (χ3v) is 4.71. The van der Waals surface area contributed by atoms with Gasteiger partial charge in [0.05, 0.1) is 0 Å². The highest BCUT2D eigenvalue weighted by atomic mass is 14.5. The molecule has 0 nitrogen and oxygen atoms in total. The molecule has 2 aliphatic carbocycles. The van der Waals surface area contributed by atoms with E-state index in [1.807, 2.05) is 0 Å². The number of hydrogen-bond acceptors (Lipinski definition) is 0. The summed E-state index contributed by atoms with van der Waals surface area (Å²) in [5, 5.41) is 0. The van der Waals surface area contributed by atoms with Crippen LogP contribution in [0.2, 0.25) is 0 Å². The molecule has 0 N–H and O–H groups in total. The van der Waals surface area contributed by atoms with Crippen LogP contribution in [0.15, 0.2) is 24.3 Å². The van der Waals surface area contributed by atoms with Gasteiger partial charge in [-0.3, -0.25) is 0 Å². The maximum absolute atomic E-state index is 2.38. The lowest BCUT2D eigenvalue weighted by Gasteiger charge is -2.24. The molecular formula is C16H22. The van der Waals surface area contributed by atoms with E-state index in [-0.39, 0.29) is 0 Å². The fraction of sp³-hybridized carbons (Fsp3) is 0.625. The van der Waals surface area contributed by atoms with Crippen molar-refractivity contribution >= 4 is 0 Å².